The second kappa shape index (κ2) is 8.53. The molecule has 2 aromatic carbocycles. The molecule has 1 N–H and O–H groups in total. The van der Waals surface area contributed by atoms with Gasteiger partial charge in [-0.25, -0.2) is 0 Å². The van der Waals surface area contributed by atoms with Gasteiger partial charge >= 0.3 is 0 Å². The number of ether oxygens (including phenoxy) is 2. The molecular weight excluding hydrogens is 370 g/mol. The SMILES string of the molecule is Cc1ccccc1CN1CCN(C(=O)CNC(=O)c2ccc3c(c2)OCO3)CC1. The standard InChI is InChI=1S/C22H25N3O4/c1-16-4-2-3-5-18(16)14-24-8-10-25(11-9-24)21(26)13-23-22(27)17-6-7-19-20(12-17)29-15-28-19/h2-7,12H,8-11,13-15H2,1H3,(H,23,27). The van der Waals surface area contributed by atoms with E-state index in [0.29, 0.717) is 30.2 Å². The first-order valence-corrected chi connectivity index (χ1v) is 9.82. The topological polar surface area (TPSA) is 71.1 Å². The molecule has 0 aromatic heterocycles. The van der Waals surface area contributed by atoms with Gasteiger partial charge in [0, 0.05) is 38.3 Å². The zero-order valence-electron chi connectivity index (χ0n) is 16.5. The van der Waals surface area contributed by atoms with E-state index >= 15 is 0 Å². The monoisotopic (exact) mass is 395 g/mol. The van der Waals surface area contributed by atoms with E-state index in [-0.39, 0.29) is 25.2 Å². The molecule has 0 spiro atoms. The molecule has 7 nitrogen and oxygen atoms in total. The van der Waals surface area contributed by atoms with Crippen molar-refractivity contribution in [1.29, 1.82) is 0 Å². The first-order valence-electron chi connectivity index (χ1n) is 9.82. The van der Waals surface area contributed by atoms with Gasteiger partial charge in [0.25, 0.3) is 5.91 Å². The molecule has 2 heterocycles. The second-order valence-corrected chi connectivity index (χ2v) is 7.33. The number of carbonyl (C=O) groups is 2. The van der Waals surface area contributed by atoms with E-state index < -0.39 is 0 Å². The molecule has 7 heteroatoms. The Labute approximate surface area is 170 Å². The van der Waals surface area contributed by atoms with Gasteiger partial charge in [0.05, 0.1) is 6.54 Å². The maximum absolute atomic E-state index is 12.5. The minimum atomic E-state index is -0.296. The average molecular weight is 395 g/mol. The van der Waals surface area contributed by atoms with E-state index in [9.17, 15) is 9.59 Å². The fourth-order valence-corrected chi connectivity index (χ4v) is 3.59. The number of rotatable bonds is 5. The Hall–Kier alpha value is -3.06. The minimum Gasteiger partial charge on any atom is -0.454 e. The lowest BCUT2D eigenvalue weighted by Crippen LogP contribution is -2.50. The summed E-state index contributed by atoms with van der Waals surface area (Å²) in [6.45, 7) is 6.18. The third-order valence-corrected chi connectivity index (χ3v) is 5.42. The summed E-state index contributed by atoms with van der Waals surface area (Å²) in [5.74, 6) is 0.819. The van der Waals surface area contributed by atoms with E-state index in [4.69, 9.17) is 9.47 Å². The van der Waals surface area contributed by atoms with E-state index in [2.05, 4.69) is 35.3 Å². The van der Waals surface area contributed by atoms with E-state index in [1.54, 1.807) is 18.2 Å². The van der Waals surface area contributed by atoms with Crippen molar-refractivity contribution in [3.05, 3.63) is 59.2 Å². The van der Waals surface area contributed by atoms with E-state index in [1.165, 1.54) is 11.1 Å². The summed E-state index contributed by atoms with van der Waals surface area (Å²) in [6, 6.07) is 13.4. The summed E-state index contributed by atoms with van der Waals surface area (Å²) in [4.78, 5) is 29.0. The molecule has 1 saturated heterocycles. The summed E-state index contributed by atoms with van der Waals surface area (Å²) in [7, 11) is 0. The number of benzene rings is 2. The van der Waals surface area contributed by atoms with E-state index in [1.807, 2.05) is 11.0 Å². The molecule has 0 bridgehead atoms. The number of hydrogen-bond donors (Lipinski definition) is 1. The number of carbonyl (C=O) groups excluding carboxylic acids is 2. The molecule has 0 radical (unpaired) electrons. The predicted molar refractivity (Wildman–Crippen MR) is 108 cm³/mol. The van der Waals surface area contributed by atoms with Crippen LogP contribution in [0.2, 0.25) is 0 Å². The van der Waals surface area contributed by atoms with Crippen LogP contribution in [0.3, 0.4) is 0 Å². The first-order chi connectivity index (χ1) is 14.1. The van der Waals surface area contributed by atoms with Gasteiger partial charge in [0.15, 0.2) is 11.5 Å². The summed E-state index contributed by atoms with van der Waals surface area (Å²) in [5.41, 5.74) is 3.06. The Balaban J connectivity index is 1.24. The second-order valence-electron chi connectivity index (χ2n) is 7.33. The van der Waals surface area contributed by atoms with Crippen LogP contribution in [-0.2, 0) is 11.3 Å². The van der Waals surface area contributed by atoms with Crippen LogP contribution in [-0.4, -0.2) is 61.1 Å². The van der Waals surface area contributed by atoms with Crippen LogP contribution in [0.1, 0.15) is 21.5 Å². The number of fused-ring (bicyclic) bond motifs is 1. The maximum Gasteiger partial charge on any atom is 0.251 e. The first kappa shape index (κ1) is 19.3. The van der Waals surface area contributed by atoms with Crippen LogP contribution in [0, 0.1) is 6.92 Å². The van der Waals surface area contributed by atoms with Gasteiger partial charge in [0.2, 0.25) is 12.7 Å². The van der Waals surface area contributed by atoms with Crippen LogP contribution in [0.5, 0.6) is 11.5 Å². The molecule has 2 aliphatic heterocycles. The Morgan fingerprint density at radius 2 is 1.76 bits per heavy atom. The molecular formula is C22H25N3O4. The van der Waals surface area contributed by atoms with Crippen LogP contribution < -0.4 is 14.8 Å². The van der Waals surface area contributed by atoms with Crippen molar-refractivity contribution in [2.45, 2.75) is 13.5 Å². The van der Waals surface area contributed by atoms with Gasteiger partial charge < -0.3 is 19.7 Å². The zero-order valence-corrected chi connectivity index (χ0v) is 16.5. The molecule has 0 saturated carbocycles. The number of nitrogens with one attached hydrogen (secondary N) is 1. The third kappa shape index (κ3) is 4.51. The lowest BCUT2D eigenvalue weighted by atomic mass is 10.1. The Kier molecular flexibility index (Phi) is 5.67. The molecule has 0 aliphatic carbocycles. The smallest absolute Gasteiger partial charge is 0.251 e. The van der Waals surface area contributed by atoms with Crippen LogP contribution in [0.4, 0.5) is 0 Å². The van der Waals surface area contributed by atoms with E-state index in [0.717, 1.165) is 19.6 Å². The maximum atomic E-state index is 12.5. The molecule has 1 fully saturated rings. The van der Waals surface area contributed by atoms with Gasteiger partial charge in [-0.3, -0.25) is 14.5 Å². The van der Waals surface area contributed by atoms with Crippen molar-refractivity contribution < 1.29 is 19.1 Å². The summed E-state index contributed by atoms with van der Waals surface area (Å²) in [6.07, 6.45) is 0. The molecule has 2 amide bonds. The molecule has 2 aromatic rings. The highest BCUT2D eigenvalue weighted by Gasteiger charge is 2.22. The number of nitrogens with zero attached hydrogens (tertiary/aromatic N) is 2. The number of aryl methyl sites for hydroxylation is 1. The van der Waals surface area contributed by atoms with Crippen molar-refractivity contribution in [3.63, 3.8) is 0 Å². The van der Waals surface area contributed by atoms with Crippen molar-refractivity contribution in [2.24, 2.45) is 0 Å². The van der Waals surface area contributed by atoms with Crippen molar-refractivity contribution in [3.8, 4) is 11.5 Å². The highest BCUT2D eigenvalue weighted by molar-refractivity contribution is 5.97. The predicted octanol–water partition coefficient (Wildman–Crippen LogP) is 1.80. The van der Waals surface area contributed by atoms with Gasteiger partial charge in [-0.2, -0.15) is 0 Å². The molecule has 0 atom stereocenters. The van der Waals surface area contributed by atoms with Crippen LogP contribution in [0.25, 0.3) is 0 Å². The summed E-state index contributed by atoms with van der Waals surface area (Å²) < 4.78 is 10.5. The van der Waals surface area contributed by atoms with Gasteiger partial charge in [-0.15, -0.1) is 0 Å². The van der Waals surface area contributed by atoms with Crippen molar-refractivity contribution >= 4 is 11.8 Å². The molecule has 4 rings (SSSR count). The fraction of sp³-hybridized carbons (Fsp3) is 0.364. The third-order valence-electron chi connectivity index (χ3n) is 5.42. The Morgan fingerprint density at radius 3 is 2.55 bits per heavy atom. The average Bonchev–Trinajstić information content (AvgIpc) is 3.22. The van der Waals surface area contributed by atoms with Crippen LogP contribution >= 0.6 is 0 Å². The zero-order chi connectivity index (χ0) is 20.2. The van der Waals surface area contributed by atoms with Crippen molar-refractivity contribution in [1.82, 2.24) is 15.1 Å². The largest absolute Gasteiger partial charge is 0.454 e. The quantitative estimate of drug-likeness (QED) is 0.836. The molecule has 29 heavy (non-hydrogen) atoms. The Bertz CT molecular complexity index is 907. The molecule has 0 unspecified atom stereocenters. The Morgan fingerprint density at radius 1 is 1.00 bits per heavy atom. The summed E-state index contributed by atoms with van der Waals surface area (Å²) >= 11 is 0. The fourth-order valence-electron chi connectivity index (χ4n) is 3.59. The number of piperazine rings is 1. The summed E-state index contributed by atoms with van der Waals surface area (Å²) in [5, 5.41) is 2.71. The van der Waals surface area contributed by atoms with Crippen molar-refractivity contribution in [2.75, 3.05) is 39.5 Å². The van der Waals surface area contributed by atoms with Gasteiger partial charge in [-0.05, 0) is 36.2 Å². The van der Waals surface area contributed by atoms with Gasteiger partial charge in [0.1, 0.15) is 0 Å². The molecule has 2 aliphatic rings. The highest BCUT2D eigenvalue weighted by atomic mass is 16.7. The normalized spacial score (nSPS) is 16.0. The van der Waals surface area contributed by atoms with Crippen LogP contribution in [0.15, 0.2) is 42.5 Å². The number of amides is 2. The lowest BCUT2D eigenvalue weighted by molar-refractivity contribution is -0.131. The lowest BCUT2D eigenvalue weighted by Gasteiger charge is -2.35. The number of hydrogen-bond acceptors (Lipinski definition) is 5. The molecule has 152 valence electrons. The van der Waals surface area contributed by atoms with Gasteiger partial charge in [-0.1, -0.05) is 24.3 Å². The highest BCUT2D eigenvalue weighted by Crippen LogP contribution is 2.32. The minimum absolute atomic E-state index is 0.00886.